The van der Waals surface area contributed by atoms with Crippen LogP contribution in [0.1, 0.15) is 15.9 Å². The zero-order valence-corrected chi connectivity index (χ0v) is 17.8. The van der Waals surface area contributed by atoms with Gasteiger partial charge in [0, 0.05) is 45.9 Å². The first kappa shape index (κ1) is 19.5. The molecular weight excluding hydrogens is 430 g/mol. The summed E-state index contributed by atoms with van der Waals surface area (Å²) in [5, 5.41) is 2.03. The van der Waals surface area contributed by atoms with E-state index < -0.39 is 5.91 Å². The molecule has 8 heteroatoms. The molecule has 0 radical (unpaired) electrons. The van der Waals surface area contributed by atoms with Gasteiger partial charge in [-0.15, -0.1) is 11.6 Å². The van der Waals surface area contributed by atoms with Crippen LogP contribution in [0.5, 0.6) is 0 Å². The summed E-state index contributed by atoms with van der Waals surface area (Å²) < 4.78 is 1.95. The lowest BCUT2D eigenvalue weighted by molar-refractivity contribution is 0.0999. The number of imidazole rings is 1. The minimum atomic E-state index is -0.491. The fourth-order valence-corrected chi connectivity index (χ4v) is 4.56. The maximum atomic E-state index is 11.6. The summed E-state index contributed by atoms with van der Waals surface area (Å²) in [4.78, 5) is 26.0. The number of amides is 1. The molecule has 2 aromatic carbocycles. The number of carbonyl (C=O) groups is 1. The smallest absolute Gasteiger partial charge is 0.249 e. The average Bonchev–Trinajstić information content (AvgIpc) is 3.20. The number of nitrogens with two attached hydrogens (primary N) is 1. The normalized spacial score (nSPS) is 11.3. The third-order valence-corrected chi connectivity index (χ3v) is 6.26. The van der Waals surface area contributed by atoms with Crippen molar-refractivity contribution in [1.29, 1.82) is 0 Å². The summed E-state index contributed by atoms with van der Waals surface area (Å²) in [7, 11) is 0. The molecule has 2 N–H and O–H groups in total. The van der Waals surface area contributed by atoms with Crippen molar-refractivity contribution >= 4 is 46.0 Å². The van der Waals surface area contributed by atoms with Crippen LogP contribution in [0, 0.1) is 0 Å². The first-order chi connectivity index (χ1) is 15.1. The second-order valence-electron chi connectivity index (χ2n) is 6.94. The predicted molar refractivity (Wildman–Crippen MR) is 122 cm³/mol. The van der Waals surface area contributed by atoms with Crippen LogP contribution in [-0.4, -0.2) is 25.3 Å². The Hall–Kier alpha value is -3.42. The number of halogens is 1. The number of hydrogen-bond acceptors (Lipinski definition) is 5. The molecular formula is C23H16ClN5OS. The van der Waals surface area contributed by atoms with Crippen molar-refractivity contribution in [1.82, 2.24) is 19.4 Å². The molecule has 0 saturated carbocycles. The lowest BCUT2D eigenvalue weighted by atomic mass is 10.0. The van der Waals surface area contributed by atoms with E-state index in [0.29, 0.717) is 16.9 Å². The molecule has 1 amide bonds. The number of primary amides is 1. The van der Waals surface area contributed by atoms with E-state index in [1.54, 1.807) is 30.2 Å². The molecule has 0 aliphatic rings. The van der Waals surface area contributed by atoms with E-state index in [1.165, 1.54) is 0 Å². The van der Waals surface area contributed by atoms with Gasteiger partial charge in [0.05, 0.1) is 11.7 Å². The topological polar surface area (TPSA) is 86.2 Å². The van der Waals surface area contributed by atoms with Gasteiger partial charge in [-0.1, -0.05) is 23.9 Å². The van der Waals surface area contributed by atoms with Gasteiger partial charge in [-0.2, -0.15) is 0 Å². The zero-order chi connectivity index (χ0) is 21.4. The Morgan fingerprint density at radius 3 is 2.74 bits per heavy atom. The molecule has 0 aliphatic carbocycles. The van der Waals surface area contributed by atoms with Gasteiger partial charge >= 0.3 is 0 Å². The number of alkyl halides is 1. The Kier molecular flexibility index (Phi) is 5.05. The van der Waals surface area contributed by atoms with E-state index in [9.17, 15) is 4.79 Å². The average molecular weight is 446 g/mol. The molecule has 0 unspecified atom stereocenters. The Balaban J connectivity index is 1.53. The summed E-state index contributed by atoms with van der Waals surface area (Å²) in [6.45, 7) is 0. The minimum absolute atomic E-state index is 0.199. The van der Waals surface area contributed by atoms with Crippen molar-refractivity contribution in [2.45, 2.75) is 15.8 Å². The van der Waals surface area contributed by atoms with E-state index in [4.69, 9.17) is 17.3 Å². The Morgan fingerprint density at radius 1 is 1.03 bits per heavy atom. The monoisotopic (exact) mass is 445 g/mol. The maximum absolute atomic E-state index is 11.6. The van der Waals surface area contributed by atoms with Gasteiger partial charge in [0.2, 0.25) is 11.7 Å². The minimum Gasteiger partial charge on any atom is -0.366 e. The van der Waals surface area contributed by atoms with Gasteiger partial charge < -0.3 is 5.73 Å². The SMILES string of the molecule is NC(=O)c1ccc(-c2cnc3ncc(Sc4ccc5ncccc5c4)n3c2)cc1CCl. The van der Waals surface area contributed by atoms with Crippen molar-refractivity contribution in [3.05, 3.63) is 84.4 Å². The van der Waals surface area contributed by atoms with Gasteiger partial charge in [0.25, 0.3) is 0 Å². The van der Waals surface area contributed by atoms with Crippen molar-refractivity contribution in [2.75, 3.05) is 0 Å². The van der Waals surface area contributed by atoms with Crippen LogP contribution < -0.4 is 5.73 Å². The van der Waals surface area contributed by atoms with Crippen molar-refractivity contribution < 1.29 is 4.79 Å². The zero-order valence-electron chi connectivity index (χ0n) is 16.2. The predicted octanol–water partition coefficient (Wildman–Crippen LogP) is 4.93. The number of benzene rings is 2. The third kappa shape index (κ3) is 3.73. The van der Waals surface area contributed by atoms with Gasteiger partial charge in [0.15, 0.2) is 0 Å². The fourth-order valence-electron chi connectivity index (χ4n) is 3.44. The van der Waals surface area contributed by atoms with Crippen LogP contribution in [0.25, 0.3) is 27.8 Å². The molecule has 3 heterocycles. The quantitative estimate of drug-likeness (QED) is 0.387. The molecule has 0 bridgehead atoms. The Morgan fingerprint density at radius 2 is 1.90 bits per heavy atom. The van der Waals surface area contributed by atoms with E-state index in [2.05, 4.69) is 21.0 Å². The summed E-state index contributed by atoms with van der Waals surface area (Å²) >= 11 is 7.63. The van der Waals surface area contributed by atoms with Gasteiger partial charge in [-0.3, -0.25) is 14.2 Å². The van der Waals surface area contributed by atoms with Gasteiger partial charge in [-0.05, 0) is 47.5 Å². The summed E-state index contributed by atoms with van der Waals surface area (Å²) in [5.41, 5.74) is 9.31. The summed E-state index contributed by atoms with van der Waals surface area (Å²) in [5.74, 6) is 0.319. The maximum Gasteiger partial charge on any atom is 0.249 e. The lowest BCUT2D eigenvalue weighted by Gasteiger charge is -2.09. The van der Waals surface area contributed by atoms with Crippen LogP contribution in [0.15, 0.2) is 83.2 Å². The van der Waals surface area contributed by atoms with Crippen molar-refractivity contribution in [3.8, 4) is 11.1 Å². The largest absolute Gasteiger partial charge is 0.366 e. The molecule has 31 heavy (non-hydrogen) atoms. The summed E-state index contributed by atoms with van der Waals surface area (Å²) in [6.07, 6.45) is 7.34. The lowest BCUT2D eigenvalue weighted by Crippen LogP contribution is -2.13. The second-order valence-corrected chi connectivity index (χ2v) is 8.30. The molecule has 0 fully saturated rings. The third-order valence-electron chi connectivity index (χ3n) is 4.98. The van der Waals surface area contributed by atoms with E-state index >= 15 is 0 Å². The first-order valence-corrected chi connectivity index (χ1v) is 10.8. The molecule has 5 rings (SSSR count). The second kappa shape index (κ2) is 8.02. The number of rotatable bonds is 5. The summed E-state index contributed by atoms with van der Waals surface area (Å²) in [6, 6.07) is 15.6. The number of carbonyl (C=O) groups excluding carboxylic acids is 1. The number of pyridine rings is 1. The fraction of sp³-hybridized carbons (Fsp3) is 0.0435. The molecule has 3 aromatic heterocycles. The van der Waals surface area contributed by atoms with Crippen molar-refractivity contribution in [2.24, 2.45) is 5.73 Å². The van der Waals surface area contributed by atoms with Crippen LogP contribution in [-0.2, 0) is 5.88 Å². The van der Waals surface area contributed by atoms with Crippen LogP contribution in [0.2, 0.25) is 0 Å². The highest BCUT2D eigenvalue weighted by Gasteiger charge is 2.12. The van der Waals surface area contributed by atoms with Crippen LogP contribution in [0.4, 0.5) is 0 Å². The number of hydrogen-bond donors (Lipinski definition) is 1. The Labute approximate surface area is 187 Å². The highest BCUT2D eigenvalue weighted by Crippen LogP contribution is 2.31. The highest BCUT2D eigenvalue weighted by molar-refractivity contribution is 7.99. The van der Waals surface area contributed by atoms with Crippen molar-refractivity contribution in [3.63, 3.8) is 0 Å². The number of aromatic nitrogens is 4. The molecule has 0 saturated heterocycles. The van der Waals surface area contributed by atoms with E-state index in [0.717, 1.165) is 32.0 Å². The van der Waals surface area contributed by atoms with Gasteiger partial charge in [-0.25, -0.2) is 9.97 Å². The van der Waals surface area contributed by atoms with Gasteiger partial charge in [0.1, 0.15) is 5.03 Å². The van der Waals surface area contributed by atoms with Crippen LogP contribution in [0.3, 0.4) is 0 Å². The molecule has 152 valence electrons. The van der Waals surface area contributed by atoms with E-state index in [1.807, 2.05) is 53.2 Å². The van der Waals surface area contributed by atoms with E-state index in [-0.39, 0.29) is 5.88 Å². The Bertz CT molecular complexity index is 1450. The molecule has 0 atom stereocenters. The number of nitrogens with zero attached hydrogens (tertiary/aromatic N) is 4. The molecule has 6 nitrogen and oxygen atoms in total. The standard InChI is InChI=1S/C23H16ClN5OS/c24-10-16-8-14(3-5-19(16)22(25)30)17-11-27-23-28-12-21(29(23)13-17)31-18-4-6-20-15(9-18)2-1-7-26-20/h1-9,11-13H,10H2,(H2,25,30). The molecule has 0 aliphatic heterocycles. The highest BCUT2D eigenvalue weighted by atomic mass is 35.5. The molecule has 5 aromatic rings. The molecule has 0 spiro atoms. The first-order valence-electron chi connectivity index (χ1n) is 9.47. The van der Waals surface area contributed by atoms with Crippen LogP contribution >= 0.6 is 23.4 Å². The number of fused-ring (bicyclic) bond motifs is 2.